The summed E-state index contributed by atoms with van der Waals surface area (Å²) < 4.78 is 0. The van der Waals surface area contributed by atoms with Crippen molar-refractivity contribution in [1.82, 2.24) is 5.32 Å². The van der Waals surface area contributed by atoms with E-state index >= 15 is 0 Å². The van der Waals surface area contributed by atoms with E-state index in [0.717, 1.165) is 6.54 Å². The van der Waals surface area contributed by atoms with Gasteiger partial charge in [0.2, 0.25) is 0 Å². The molecule has 1 nitrogen and oxygen atoms in total. The zero-order valence-electron chi connectivity index (χ0n) is 12.3. The molecule has 0 aliphatic heterocycles. The van der Waals surface area contributed by atoms with Crippen molar-refractivity contribution in [3.8, 4) is 0 Å². The van der Waals surface area contributed by atoms with Gasteiger partial charge in [0.05, 0.1) is 10.0 Å². The third-order valence-electron chi connectivity index (χ3n) is 4.35. The number of rotatable bonds is 4. The van der Waals surface area contributed by atoms with E-state index < -0.39 is 0 Å². The van der Waals surface area contributed by atoms with Crippen LogP contribution in [0.3, 0.4) is 0 Å². The van der Waals surface area contributed by atoms with Gasteiger partial charge in [-0.3, -0.25) is 0 Å². The fourth-order valence-corrected chi connectivity index (χ4v) is 3.61. The van der Waals surface area contributed by atoms with Gasteiger partial charge >= 0.3 is 0 Å². The molecule has 1 aliphatic carbocycles. The molecule has 2 rings (SSSR count). The fourth-order valence-electron chi connectivity index (χ4n) is 3.30. The summed E-state index contributed by atoms with van der Waals surface area (Å²) in [5, 5.41) is 4.97. The summed E-state index contributed by atoms with van der Waals surface area (Å²) in [6.07, 6.45) is 9.52. The van der Waals surface area contributed by atoms with Crippen molar-refractivity contribution < 1.29 is 0 Å². The predicted octanol–water partition coefficient (Wildman–Crippen LogP) is 6.00. The van der Waals surface area contributed by atoms with Gasteiger partial charge in [0.25, 0.3) is 0 Å². The molecule has 1 unspecified atom stereocenters. The summed E-state index contributed by atoms with van der Waals surface area (Å²) >= 11 is 12.2. The van der Waals surface area contributed by atoms with E-state index in [1.54, 1.807) is 0 Å². The third-order valence-corrected chi connectivity index (χ3v) is 5.09. The first kappa shape index (κ1) is 16.1. The SMILES string of the molecule is CCNC(c1ccc(Cl)c(Cl)c1)C1CCCCCCC1. The molecule has 0 bridgehead atoms. The summed E-state index contributed by atoms with van der Waals surface area (Å²) in [6.45, 7) is 3.16. The zero-order chi connectivity index (χ0) is 14.4. The van der Waals surface area contributed by atoms with Crippen LogP contribution >= 0.6 is 23.2 Å². The lowest BCUT2D eigenvalue weighted by Crippen LogP contribution is -2.28. The number of hydrogen-bond acceptors (Lipinski definition) is 1. The highest BCUT2D eigenvalue weighted by Crippen LogP contribution is 2.35. The minimum Gasteiger partial charge on any atom is -0.310 e. The Kier molecular flexibility index (Phi) is 6.67. The maximum Gasteiger partial charge on any atom is 0.0595 e. The largest absolute Gasteiger partial charge is 0.310 e. The molecule has 1 N–H and O–H groups in total. The molecule has 1 fully saturated rings. The van der Waals surface area contributed by atoms with Gasteiger partial charge < -0.3 is 5.32 Å². The van der Waals surface area contributed by atoms with Crippen LogP contribution in [0.5, 0.6) is 0 Å². The Balaban J connectivity index is 2.17. The summed E-state index contributed by atoms with van der Waals surface area (Å²) in [5.41, 5.74) is 1.28. The third kappa shape index (κ3) is 4.38. The van der Waals surface area contributed by atoms with Crippen molar-refractivity contribution in [2.45, 2.75) is 57.9 Å². The van der Waals surface area contributed by atoms with Crippen molar-refractivity contribution in [3.63, 3.8) is 0 Å². The Morgan fingerprint density at radius 3 is 2.30 bits per heavy atom. The molecule has 0 heterocycles. The van der Waals surface area contributed by atoms with Crippen LogP contribution in [0.15, 0.2) is 18.2 Å². The molecular formula is C17H25Cl2N. The van der Waals surface area contributed by atoms with E-state index in [1.165, 1.54) is 50.5 Å². The van der Waals surface area contributed by atoms with Crippen LogP contribution in [0.2, 0.25) is 10.0 Å². The first-order valence-corrected chi connectivity index (χ1v) is 8.66. The maximum atomic E-state index is 6.20. The topological polar surface area (TPSA) is 12.0 Å². The van der Waals surface area contributed by atoms with E-state index in [1.807, 2.05) is 12.1 Å². The molecule has 1 aliphatic rings. The van der Waals surface area contributed by atoms with Crippen LogP contribution in [0.25, 0.3) is 0 Å². The highest BCUT2D eigenvalue weighted by atomic mass is 35.5. The van der Waals surface area contributed by atoms with Crippen LogP contribution in [-0.2, 0) is 0 Å². The molecule has 3 heteroatoms. The Morgan fingerprint density at radius 2 is 1.70 bits per heavy atom. The number of hydrogen-bond donors (Lipinski definition) is 1. The van der Waals surface area contributed by atoms with E-state index in [2.05, 4.69) is 18.3 Å². The lowest BCUT2D eigenvalue weighted by atomic mass is 9.83. The summed E-state index contributed by atoms with van der Waals surface area (Å²) in [6, 6.07) is 6.50. The standard InChI is InChI=1S/C17H25Cl2N/c1-2-20-17(13-8-6-4-3-5-7-9-13)14-10-11-15(18)16(19)12-14/h10-13,17,20H,2-9H2,1H3. The first-order chi connectivity index (χ1) is 9.72. The Hall–Kier alpha value is -0.240. The second-order valence-corrected chi connectivity index (χ2v) is 6.63. The second-order valence-electron chi connectivity index (χ2n) is 5.81. The van der Waals surface area contributed by atoms with Crippen molar-refractivity contribution >= 4 is 23.2 Å². The van der Waals surface area contributed by atoms with Gasteiger partial charge in [0.15, 0.2) is 0 Å². The van der Waals surface area contributed by atoms with Crippen LogP contribution in [0, 0.1) is 5.92 Å². The van der Waals surface area contributed by atoms with E-state index in [-0.39, 0.29) is 0 Å². The highest BCUT2D eigenvalue weighted by Gasteiger charge is 2.23. The average Bonchev–Trinajstić information content (AvgIpc) is 2.40. The minimum absolute atomic E-state index is 0.410. The van der Waals surface area contributed by atoms with Crippen LogP contribution < -0.4 is 5.32 Å². The zero-order valence-corrected chi connectivity index (χ0v) is 13.8. The van der Waals surface area contributed by atoms with E-state index in [0.29, 0.717) is 22.0 Å². The average molecular weight is 314 g/mol. The molecule has 1 aromatic carbocycles. The Bertz CT molecular complexity index is 411. The highest BCUT2D eigenvalue weighted by molar-refractivity contribution is 6.42. The number of benzene rings is 1. The van der Waals surface area contributed by atoms with Gasteiger partial charge in [0, 0.05) is 6.04 Å². The number of nitrogens with one attached hydrogen (secondary N) is 1. The van der Waals surface area contributed by atoms with Gasteiger partial charge in [-0.15, -0.1) is 0 Å². The summed E-state index contributed by atoms with van der Waals surface area (Å²) in [5.74, 6) is 0.715. The Labute approximate surface area is 133 Å². The van der Waals surface area contributed by atoms with Crippen LogP contribution in [0.1, 0.15) is 63.5 Å². The summed E-state index contributed by atoms with van der Waals surface area (Å²) in [4.78, 5) is 0. The van der Waals surface area contributed by atoms with Gasteiger partial charge in [-0.1, -0.05) is 68.3 Å². The normalized spacial score (nSPS) is 19.4. The quantitative estimate of drug-likeness (QED) is 0.718. The fraction of sp³-hybridized carbons (Fsp3) is 0.647. The predicted molar refractivity (Wildman–Crippen MR) is 88.7 cm³/mol. The molecule has 0 spiro atoms. The van der Waals surface area contributed by atoms with Gasteiger partial charge in [0.1, 0.15) is 0 Å². The molecule has 0 aromatic heterocycles. The van der Waals surface area contributed by atoms with Crippen molar-refractivity contribution in [1.29, 1.82) is 0 Å². The molecule has 1 saturated carbocycles. The van der Waals surface area contributed by atoms with Gasteiger partial charge in [-0.2, -0.15) is 0 Å². The van der Waals surface area contributed by atoms with Crippen LogP contribution in [-0.4, -0.2) is 6.54 Å². The Morgan fingerprint density at radius 1 is 1.05 bits per heavy atom. The molecular weight excluding hydrogens is 289 g/mol. The first-order valence-electron chi connectivity index (χ1n) is 7.90. The second kappa shape index (κ2) is 8.26. The van der Waals surface area contributed by atoms with E-state index in [4.69, 9.17) is 23.2 Å². The van der Waals surface area contributed by atoms with Gasteiger partial charge in [-0.25, -0.2) is 0 Å². The lowest BCUT2D eigenvalue weighted by Gasteiger charge is -2.30. The number of halogens is 2. The molecule has 112 valence electrons. The maximum absolute atomic E-state index is 6.20. The molecule has 0 radical (unpaired) electrons. The monoisotopic (exact) mass is 313 g/mol. The molecule has 1 aromatic rings. The van der Waals surface area contributed by atoms with Crippen molar-refractivity contribution in [3.05, 3.63) is 33.8 Å². The molecule has 0 amide bonds. The molecule has 0 saturated heterocycles. The minimum atomic E-state index is 0.410. The van der Waals surface area contributed by atoms with Crippen molar-refractivity contribution in [2.75, 3.05) is 6.54 Å². The summed E-state index contributed by atoms with van der Waals surface area (Å²) in [7, 11) is 0. The van der Waals surface area contributed by atoms with E-state index in [9.17, 15) is 0 Å². The molecule has 1 atom stereocenters. The smallest absolute Gasteiger partial charge is 0.0595 e. The van der Waals surface area contributed by atoms with Gasteiger partial charge in [-0.05, 0) is 43.0 Å². The van der Waals surface area contributed by atoms with Crippen molar-refractivity contribution in [2.24, 2.45) is 5.92 Å². The van der Waals surface area contributed by atoms with Crippen LogP contribution in [0.4, 0.5) is 0 Å². The molecule has 20 heavy (non-hydrogen) atoms. The lowest BCUT2D eigenvalue weighted by molar-refractivity contribution is 0.291.